The Kier molecular flexibility index (Phi) is 3.53. The Morgan fingerprint density at radius 3 is 2.50 bits per heavy atom. The van der Waals surface area contributed by atoms with Gasteiger partial charge >= 0.3 is 0 Å². The summed E-state index contributed by atoms with van der Waals surface area (Å²) in [6.45, 7) is 3.07. The van der Waals surface area contributed by atoms with E-state index < -0.39 is 5.54 Å². The smallest absolute Gasteiger partial charge is 0.242 e. The molecule has 0 spiro atoms. The van der Waals surface area contributed by atoms with Crippen LogP contribution in [0.1, 0.15) is 58.3 Å². The van der Waals surface area contributed by atoms with Gasteiger partial charge in [-0.15, -0.1) is 0 Å². The predicted octanol–water partition coefficient (Wildman–Crippen LogP) is 2.05. The SMILES string of the molecule is CC1CCCCN1C(=O)C1(N)CCCCC1. The van der Waals surface area contributed by atoms with E-state index in [-0.39, 0.29) is 5.91 Å². The van der Waals surface area contributed by atoms with Crippen LogP contribution in [-0.2, 0) is 4.79 Å². The van der Waals surface area contributed by atoms with Crippen molar-refractivity contribution in [3.8, 4) is 0 Å². The number of likely N-dealkylation sites (tertiary alicyclic amines) is 1. The van der Waals surface area contributed by atoms with Crippen LogP contribution >= 0.6 is 0 Å². The minimum atomic E-state index is -0.538. The molecule has 1 aliphatic heterocycles. The summed E-state index contributed by atoms with van der Waals surface area (Å²) in [6, 6.07) is 0.392. The largest absolute Gasteiger partial charge is 0.338 e. The topological polar surface area (TPSA) is 46.3 Å². The van der Waals surface area contributed by atoms with Gasteiger partial charge in [0.15, 0.2) is 0 Å². The van der Waals surface area contributed by atoms with E-state index in [0.717, 1.165) is 45.1 Å². The van der Waals surface area contributed by atoms with E-state index in [2.05, 4.69) is 6.92 Å². The fourth-order valence-electron chi connectivity index (χ4n) is 3.08. The molecule has 1 aliphatic carbocycles. The molecule has 0 aromatic heterocycles. The highest BCUT2D eigenvalue weighted by atomic mass is 16.2. The molecule has 1 heterocycles. The van der Waals surface area contributed by atoms with Gasteiger partial charge in [-0.05, 0) is 39.0 Å². The second-order valence-electron chi connectivity index (χ2n) is 5.56. The quantitative estimate of drug-likeness (QED) is 0.741. The molecule has 0 radical (unpaired) electrons. The molecule has 3 nitrogen and oxygen atoms in total. The summed E-state index contributed by atoms with van der Waals surface area (Å²) in [4.78, 5) is 14.5. The minimum absolute atomic E-state index is 0.222. The van der Waals surface area contributed by atoms with Crippen molar-refractivity contribution in [2.24, 2.45) is 5.73 Å². The molecule has 0 aromatic carbocycles. The maximum atomic E-state index is 12.5. The molecule has 1 amide bonds. The molecule has 2 aliphatic rings. The van der Waals surface area contributed by atoms with E-state index >= 15 is 0 Å². The van der Waals surface area contributed by atoms with Gasteiger partial charge in [-0.25, -0.2) is 0 Å². The number of carbonyl (C=O) groups excluding carboxylic acids is 1. The predicted molar refractivity (Wildman–Crippen MR) is 65.0 cm³/mol. The van der Waals surface area contributed by atoms with Crippen LogP contribution in [0.15, 0.2) is 0 Å². The van der Waals surface area contributed by atoms with Gasteiger partial charge < -0.3 is 10.6 Å². The third-order valence-electron chi connectivity index (χ3n) is 4.24. The lowest BCUT2D eigenvalue weighted by atomic mass is 9.81. The lowest BCUT2D eigenvalue weighted by Gasteiger charge is -2.41. The molecule has 1 unspecified atom stereocenters. The third-order valence-corrected chi connectivity index (χ3v) is 4.24. The summed E-state index contributed by atoms with van der Waals surface area (Å²) in [6.07, 6.45) is 8.78. The Labute approximate surface area is 98.4 Å². The highest BCUT2D eigenvalue weighted by Gasteiger charge is 2.40. The fraction of sp³-hybridized carbons (Fsp3) is 0.923. The molecule has 2 rings (SSSR count). The van der Waals surface area contributed by atoms with E-state index in [1.54, 1.807) is 0 Å². The molecule has 16 heavy (non-hydrogen) atoms. The molecule has 2 fully saturated rings. The molecule has 0 bridgehead atoms. The molecular formula is C13H24N2O. The van der Waals surface area contributed by atoms with Crippen LogP contribution in [0, 0.1) is 0 Å². The van der Waals surface area contributed by atoms with Crippen molar-refractivity contribution >= 4 is 5.91 Å². The van der Waals surface area contributed by atoms with Gasteiger partial charge in [0.25, 0.3) is 0 Å². The summed E-state index contributed by atoms with van der Waals surface area (Å²) in [5.74, 6) is 0.222. The van der Waals surface area contributed by atoms with Crippen molar-refractivity contribution in [3.63, 3.8) is 0 Å². The first-order valence-corrected chi connectivity index (χ1v) is 6.73. The van der Waals surface area contributed by atoms with Crippen LogP contribution in [0.5, 0.6) is 0 Å². The van der Waals surface area contributed by atoms with Crippen LogP contribution < -0.4 is 5.73 Å². The number of carbonyl (C=O) groups is 1. The van der Waals surface area contributed by atoms with Gasteiger partial charge in [-0.1, -0.05) is 19.3 Å². The zero-order valence-electron chi connectivity index (χ0n) is 10.4. The molecular weight excluding hydrogens is 200 g/mol. The van der Waals surface area contributed by atoms with Crippen molar-refractivity contribution in [1.82, 2.24) is 4.90 Å². The lowest BCUT2D eigenvalue weighted by Crippen LogP contribution is -2.59. The van der Waals surface area contributed by atoms with E-state index in [4.69, 9.17) is 5.73 Å². The fourth-order valence-corrected chi connectivity index (χ4v) is 3.08. The Balaban J connectivity index is 2.04. The van der Waals surface area contributed by atoms with Crippen LogP contribution in [0.4, 0.5) is 0 Å². The minimum Gasteiger partial charge on any atom is -0.338 e. The number of piperidine rings is 1. The Hall–Kier alpha value is -0.570. The van der Waals surface area contributed by atoms with Gasteiger partial charge in [0.05, 0.1) is 5.54 Å². The molecule has 92 valence electrons. The summed E-state index contributed by atoms with van der Waals surface area (Å²) in [5, 5.41) is 0. The van der Waals surface area contributed by atoms with Crippen LogP contribution in [0.3, 0.4) is 0 Å². The summed E-state index contributed by atoms with van der Waals surface area (Å²) in [7, 11) is 0. The average molecular weight is 224 g/mol. The van der Waals surface area contributed by atoms with Crippen molar-refractivity contribution in [1.29, 1.82) is 0 Å². The molecule has 1 saturated heterocycles. The van der Waals surface area contributed by atoms with E-state index in [1.807, 2.05) is 4.90 Å². The van der Waals surface area contributed by atoms with Gasteiger partial charge in [0.1, 0.15) is 0 Å². The van der Waals surface area contributed by atoms with Gasteiger partial charge in [-0.3, -0.25) is 4.79 Å². The molecule has 0 aromatic rings. The number of hydrogen-bond donors (Lipinski definition) is 1. The Bertz CT molecular complexity index is 259. The van der Waals surface area contributed by atoms with E-state index in [9.17, 15) is 4.79 Å². The van der Waals surface area contributed by atoms with Gasteiger partial charge in [-0.2, -0.15) is 0 Å². The van der Waals surface area contributed by atoms with Crippen molar-refractivity contribution in [2.75, 3.05) is 6.54 Å². The molecule has 1 atom stereocenters. The molecule has 3 heteroatoms. The van der Waals surface area contributed by atoms with Crippen molar-refractivity contribution in [2.45, 2.75) is 69.9 Å². The second kappa shape index (κ2) is 4.74. The third kappa shape index (κ3) is 2.24. The zero-order chi connectivity index (χ0) is 11.6. The maximum absolute atomic E-state index is 12.5. The standard InChI is InChI=1S/C13H24N2O/c1-11-7-3-6-10-15(11)12(16)13(14)8-4-2-5-9-13/h11H,2-10,14H2,1H3. The number of amides is 1. The normalized spacial score (nSPS) is 30.1. The van der Waals surface area contributed by atoms with Gasteiger partial charge in [0, 0.05) is 12.6 Å². The lowest BCUT2D eigenvalue weighted by molar-refractivity contribution is -0.141. The number of rotatable bonds is 1. The van der Waals surface area contributed by atoms with Gasteiger partial charge in [0.2, 0.25) is 5.91 Å². The first-order chi connectivity index (χ1) is 7.63. The first kappa shape index (κ1) is 11.9. The maximum Gasteiger partial charge on any atom is 0.242 e. The monoisotopic (exact) mass is 224 g/mol. The Morgan fingerprint density at radius 2 is 1.88 bits per heavy atom. The van der Waals surface area contributed by atoms with Crippen molar-refractivity contribution < 1.29 is 4.79 Å². The highest BCUT2D eigenvalue weighted by molar-refractivity contribution is 5.86. The highest BCUT2D eigenvalue weighted by Crippen LogP contribution is 2.30. The van der Waals surface area contributed by atoms with Crippen LogP contribution in [0.2, 0.25) is 0 Å². The molecule has 2 N–H and O–H groups in total. The second-order valence-corrected chi connectivity index (χ2v) is 5.56. The van der Waals surface area contributed by atoms with Crippen LogP contribution in [0.25, 0.3) is 0 Å². The molecule has 1 saturated carbocycles. The average Bonchev–Trinajstić information content (AvgIpc) is 2.30. The summed E-state index contributed by atoms with van der Waals surface area (Å²) < 4.78 is 0. The van der Waals surface area contributed by atoms with Crippen molar-refractivity contribution in [3.05, 3.63) is 0 Å². The first-order valence-electron chi connectivity index (χ1n) is 6.73. The van der Waals surface area contributed by atoms with E-state index in [1.165, 1.54) is 12.8 Å². The van der Waals surface area contributed by atoms with Crippen LogP contribution in [-0.4, -0.2) is 28.9 Å². The summed E-state index contributed by atoms with van der Waals surface area (Å²) >= 11 is 0. The summed E-state index contributed by atoms with van der Waals surface area (Å²) in [5.41, 5.74) is 5.77. The number of nitrogens with two attached hydrogens (primary N) is 1. The Morgan fingerprint density at radius 1 is 1.19 bits per heavy atom. The van der Waals surface area contributed by atoms with E-state index in [0.29, 0.717) is 6.04 Å². The number of hydrogen-bond acceptors (Lipinski definition) is 2. The zero-order valence-corrected chi connectivity index (χ0v) is 10.4. The number of nitrogens with zero attached hydrogens (tertiary/aromatic N) is 1.